The molecule has 0 fully saturated rings. The highest BCUT2D eigenvalue weighted by molar-refractivity contribution is 14.1. The number of benzene rings is 3. The second-order valence-corrected chi connectivity index (χ2v) is 11.8. The number of halogens is 4. The van der Waals surface area contributed by atoms with Gasteiger partial charge in [-0.05, 0) is 82.2 Å². The molecule has 5 nitrogen and oxygen atoms in total. The average Bonchev–Trinajstić information content (AvgIpc) is 3.19. The maximum Gasteiger partial charge on any atom is 0.269 e. The number of fused-ring (bicyclic) bond motifs is 1. The minimum absolute atomic E-state index is 0.138. The van der Waals surface area contributed by atoms with Crippen molar-refractivity contribution < 1.29 is 12.8 Å². The molecule has 1 aromatic heterocycles. The van der Waals surface area contributed by atoms with E-state index in [4.69, 9.17) is 23.2 Å². The highest BCUT2D eigenvalue weighted by atomic mass is 127. The Morgan fingerprint density at radius 1 is 0.771 bits per heavy atom. The van der Waals surface area contributed by atoms with E-state index >= 15 is 0 Å². The zero-order valence-electron chi connectivity index (χ0n) is 17.8. The van der Waals surface area contributed by atoms with Gasteiger partial charge in [0.25, 0.3) is 15.6 Å². The van der Waals surface area contributed by atoms with Crippen LogP contribution in [-0.4, -0.2) is 13.0 Å². The largest absolute Gasteiger partial charge is 0.283 e. The van der Waals surface area contributed by atoms with Crippen LogP contribution in [0, 0.1) is 9.39 Å². The van der Waals surface area contributed by atoms with E-state index in [1.807, 2.05) is 22.6 Å². The van der Waals surface area contributed by atoms with Crippen molar-refractivity contribution >= 4 is 61.6 Å². The number of hydrogen-bond donors (Lipinski definition) is 0. The normalized spacial score (nSPS) is 17.4. The lowest BCUT2D eigenvalue weighted by atomic mass is 9.94. The van der Waals surface area contributed by atoms with Crippen LogP contribution in [0.5, 0.6) is 0 Å². The Hall–Kier alpha value is -2.40. The van der Waals surface area contributed by atoms with Gasteiger partial charge in [-0.2, -0.15) is 0 Å². The fourth-order valence-electron chi connectivity index (χ4n) is 4.38. The van der Waals surface area contributed by atoms with Gasteiger partial charge < -0.3 is 0 Å². The SMILES string of the molecule is O=c1c(I)ccc2n1[C@@H](c1ccc(Cl)cc1)[C@@H](c1ccc(Cl)cc1)N2S(=O)(=O)c1ccccc1F. The van der Waals surface area contributed by atoms with Gasteiger partial charge in [-0.25, -0.2) is 17.1 Å². The first-order chi connectivity index (χ1) is 16.7. The molecule has 1 aliphatic rings. The van der Waals surface area contributed by atoms with E-state index in [1.165, 1.54) is 22.8 Å². The molecule has 0 spiro atoms. The van der Waals surface area contributed by atoms with Gasteiger partial charge in [0.2, 0.25) is 0 Å². The predicted molar refractivity (Wildman–Crippen MR) is 143 cm³/mol. The Morgan fingerprint density at radius 3 is 1.89 bits per heavy atom. The molecule has 0 saturated heterocycles. The number of aromatic nitrogens is 1. The first kappa shape index (κ1) is 24.3. The predicted octanol–water partition coefficient (Wildman–Crippen LogP) is 6.44. The summed E-state index contributed by atoms with van der Waals surface area (Å²) in [6.07, 6.45) is 0. The standard InChI is InChI=1S/C25H16Cl2FIN2O3S/c26-17-9-5-15(6-10-17)23-24(16-7-11-18(27)12-8-16)31(22-14-13-20(29)25(32)30(22)23)35(33,34)21-4-2-1-3-19(21)28/h1-14,23-24H/t23-,24+/m0/s1. The van der Waals surface area contributed by atoms with E-state index in [0.717, 1.165) is 10.4 Å². The molecule has 4 aromatic rings. The molecule has 5 rings (SSSR count). The molecule has 0 N–H and O–H groups in total. The summed E-state index contributed by atoms with van der Waals surface area (Å²) in [5.41, 5.74) is 0.909. The smallest absolute Gasteiger partial charge is 0.269 e. The van der Waals surface area contributed by atoms with Gasteiger partial charge in [-0.15, -0.1) is 0 Å². The van der Waals surface area contributed by atoms with Crippen molar-refractivity contribution in [3.63, 3.8) is 0 Å². The summed E-state index contributed by atoms with van der Waals surface area (Å²) in [5, 5.41) is 0.975. The van der Waals surface area contributed by atoms with E-state index in [9.17, 15) is 17.6 Å². The number of nitrogens with zero attached hydrogens (tertiary/aromatic N) is 2. The number of rotatable bonds is 4. The Bertz CT molecular complexity index is 1590. The summed E-state index contributed by atoms with van der Waals surface area (Å²) in [6.45, 7) is 0. The lowest BCUT2D eigenvalue weighted by Gasteiger charge is -2.29. The van der Waals surface area contributed by atoms with E-state index in [1.54, 1.807) is 60.7 Å². The lowest BCUT2D eigenvalue weighted by Crippen LogP contribution is -2.34. The van der Waals surface area contributed by atoms with Crippen LogP contribution in [0.2, 0.25) is 10.0 Å². The van der Waals surface area contributed by atoms with Crippen LogP contribution in [0.4, 0.5) is 10.2 Å². The fraction of sp³-hybridized carbons (Fsp3) is 0.0800. The van der Waals surface area contributed by atoms with Crippen LogP contribution in [-0.2, 0) is 10.0 Å². The highest BCUT2D eigenvalue weighted by Gasteiger charge is 2.47. The third-order valence-electron chi connectivity index (χ3n) is 5.90. The van der Waals surface area contributed by atoms with Crippen LogP contribution in [0.3, 0.4) is 0 Å². The van der Waals surface area contributed by atoms with E-state index in [2.05, 4.69) is 0 Å². The molecule has 3 aromatic carbocycles. The fourth-order valence-corrected chi connectivity index (χ4v) is 6.78. The third-order valence-corrected chi connectivity index (χ3v) is 9.04. The summed E-state index contributed by atoms with van der Waals surface area (Å²) in [7, 11) is -4.43. The monoisotopic (exact) mass is 640 g/mol. The summed E-state index contributed by atoms with van der Waals surface area (Å²) >= 11 is 14.2. The molecular weight excluding hydrogens is 625 g/mol. The molecule has 1 aliphatic heterocycles. The first-order valence-electron chi connectivity index (χ1n) is 10.4. The second-order valence-electron chi connectivity index (χ2n) is 7.94. The molecule has 0 saturated carbocycles. The first-order valence-corrected chi connectivity index (χ1v) is 13.7. The van der Waals surface area contributed by atoms with E-state index in [0.29, 0.717) is 24.7 Å². The Labute approximate surface area is 224 Å². The Morgan fingerprint density at radius 2 is 1.31 bits per heavy atom. The average molecular weight is 641 g/mol. The van der Waals surface area contributed by atoms with Crippen molar-refractivity contribution in [2.24, 2.45) is 0 Å². The quantitative estimate of drug-likeness (QED) is 0.241. The highest BCUT2D eigenvalue weighted by Crippen LogP contribution is 2.49. The molecular formula is C25H16Cl2FIN2O3S. The summed E-state index contributed by atoms with van der Waals surface area (Å²) in [6, 6.07) is 20.3. The molecule has 35 heavy (non-hydrogen) atoms. The molecule has 10 heteroatoms. The molecule has 0 radical (unpaired) electrons. The minimum atomic E-state index is -4.43. The van der Waals surface area contributed by atoms with Crippen LogP contribution in [0.1, 0.15) is 23.2 Å². The van der Waals surface area contributed by atoms with Gasteiger partial charge in [-0.1, -0.05) is 59.6 Å². The molecule has 0 aliphatic carbocycles. The van der Waals surface area contributed by atoms with Crippen molar-refractivity contribution in [3.8, 4) is 0 Å². The van der Waals surface area contributed by atoms with Crippen molar-refractivity contribution in [1.82, 2.24) is 4.57 Å². The van der Waals surface area contributed by atoms with Crippen molar-refractivity contribution in [2.45, 2.75) is 17.0 Å². The number of pyridine rings is 1. The maximum atomic E-state index is 14.8. The maximum absolute atomic E-state index is 14.8. The van der Waals surface area contributed by atoms with Crippen molar-refractivity contribution in [3.05, 3.63) is 126 Å². The van der Waals surface area contributed by atoms with E-state index in [-0.39, 0.29) is 11.4 Å². The summed E-state index contributed by atoms with van der Waals surface area (Å²) in [5.74, 6) is -0.740. The van der Waals surface area contributed by atoms with Gasteiger partial charge in [0.1, 0.15) is 16.5 Å². The minimum Gasteiger partial charge on any atom is -0.283 e. The second kappa shape index (κ2) is 9.24. The summed E-state index contributed by atoms with van der Waals surface area (Å²) < 4.78 is 45.8. The topological polar surface area (TPSA) is 59.4 Å². The van der Waals surface area contributed by atoms with Crippen LogP contribution in [0.15, 0.2) is 94.6 Å². The van der Waals surface area contributed by atoms with Gasteiger partial charge in [0.05, 0.1) is 15.7 Å². The van der Waals surface area contributed by atoms with Crippen LogP contribution >= 0.6 is 45.8 Å². The Balaban J connectivity index is 1.85. The molecule has 0 amide bonds. The van der Waals surface area contributed by atoms with Crippen molar-refractivity contribution in [2.75, 3.05) is 4.31 Å². The van der Waals surface area contributed by atoms with E-state index < -0.39 is 32.8 Å². The zero-order chi connectivity index (χ0) is 24.9. The lowest BCUT2D eigenvalue weighted by molar-refractivity contribution is 0.524. The molecule has 0 bridgehead atoms. The van der Waals surface area contributed by atoms with Crippen molar-refractivity contribution in [1.29, 1.82) is 0 Å². The Kier molecular flexibility index (Phi) is 6.41. The van der Waals surface area contributed by atoms with Crippen LogP contribution in [0.25, 0.3) is 0 Å². The molecule has 2 atom stereocenters. The van der Waals surface area contributed by atoms with Crippen LogP contribution < -0.4 is 9.86 Å². The molecule has 178 valence electrons. The number of sulfonamides is 1. The third kappa shape index (κ3) is 4.16. The van der Waals surface area contributed by atoms with Gasteiger partial charge in [-0.3, -0.25) is 9.36 Å². The molecule has 0 unspecified atom stereocenters. The summed E-state index contributed by atoms with van der Waals surface area (Å²) in [4.78, 5) is 13.0. The van der Waals surface area contributed by atoms with Gasteiger partial charge in [0, 0.05) is 10.0 Å². The number of anilines is 1. The van der Waals surface area contributed by atoms with Gasteiger partial charge >= 0.3 is 0 Å². The zero-order valence-corrected chi connectivity index (χ0v) is 22.3. The van der Waals surface area contributed by atoms with Gasteiger partial charge in [0.15, 0.2) is 0 Å². The molecule has 2 heterocycles. The number of hydrogen-bond acceptors (Lipinski definition) is 3.